The maximum Gasteiger partial charge on any atom is 0.194 e. The van der Waals surface area contributed by atoms with Crippen LogP contribution in [0.5, 0.6) is 0 Å². The Kier molecular flexibility index (Phi) is 3.67. The predicted octanol–water partition coefficient (Wildman–Crippen LogP) is 2.20. The van der Waals surface area contributed by atoms with Gasteiger partial charge in [0.2, 0.25) is 0 Å². The summed E-state index contributed by atoms with van der Waals surface area (Å²) in [4.78, 5) is 6.60. The van der Waals surface area contributed by atoms with Crippen LogP contribution in [0.15, 0.2) is 29.3 Å². The Balaban J connectivity index is 2.04. The SMILES string of the molecule is CC(C)c1ccccc1CNC1=NCCN1C. The number of hydrogen-bond acceptors (Lipinski definition) is 3. The zero-order valence-electron chi connectivity index (χ0n) is 10.9. The van der Waals surface area contributed by atoms with Gasteiger partial charge in [0.05, 0.1) is 6.54 Å². The number of nitrogens with one attached hydrogen (secondary N) is 1. The standard InChI is InChI=1S/C14H21N3/c1-11(2)13-7-5-4-6-12(13)10-16-14-15-8-9-17(14)3/h4-7,11H,8-10H2,1-3H3,(H,15,16). The van der Waals surface area contributed by atoms with Crippen molar-refractivity contribution in [2.24, 2.45) is 4.99 Å². The zero-order chi connectivity index (χ0) is 12.3. The van der Waals surface area contributed by atoms with E-state index in [0.29, 0.717) is 5.92 Å². The molecule has 1 aliphatic rings. The van der Waals surface area contributed by atoms with Crippen LogP contribution in [0.1, 0.15) is 30.9 Å². The van der Waals surface area contributed by atoms with Crippen LogP contribution in [0.25, 0.3) is 0 Å². The minimum atomic E-state index is 0.566. The van der Waals surface area contributed by atoms with Crippen LogP contribution in [0.3, 0.4) is 0 Å². The lowest BCUT2D eigenvalue weighted by Crippen LogP contribution is -2.35. The summed E-state index contributed by atoms with van der Waals surface area (Å²) in [6.07, 6.45) is 0. The van der Waals surface area contributed by atoms with Crippen LogP contribution < -0.4 is 5.32 Å². The molecule has 0 radical (unpaired) electrons. The second-order valence-corrected chi connectivity index (χ2v) is 4.83. The average molecular weight is 231 g/mol. The Morgan fingerprint density at radius 2 is 2.12 bits per heavy atom. The molecule has 1 heterocycles. The molecule has 1 aliphatic heterocycles. The molecule has 0 aliphatic carbocycles. The number of nitrogens with zero attached hydrogens (tertiary/aromatic N) is 2. The summed E-state index contributed by atoms with van der Waals surface area (Å²) in [6.45, 7) is 7.26. The van der Waals surface area contributed by atoms with Crippen molar-refractivity contribution >= 4 is 5.96 Å². The summed E-state index contributed by atoms with van der Waals surface area (Å²) in [5.41, 5.74) is 2.78. The Morgan fingerprint density at radius 3 is 2.76 bits per heavy atom. The lowest BCUT2D eigenvalue weighted by atomic mass is 9.97. The molecule has 0 aromatic heterocycles. The Bertz CT molecular complexity index is 410. The zero-order valence-corrected chi connectivity index (χ0v) is 10.9. The van der Waals surface area contributed by atoms with Gasteiger partial charge < -0.3 is 10.2 Å². The molecule has 92 valence electrons. The van der Waals surface area contributed by atoms with E-state index in [1.165, 1.54) is 11.1 Å². The van der Waals surface area contributed by atoms with Crippen molar-refractivity contribution in [2.45, 2.75) is 26.3 Å². The van der Waals surface area contributed by atoms with Crippen molar-refractivity contribution in [1.82, 2.24) is 10.2 Å². The van der Waals surface area contributed by atoms with Crippen LogP contribution in [0.4, 0.5) is 0 Å². The summed E-state index contributed by atoms with van der Waals surface area (Å²) in [5.74, 6) is 1.58. The molecule has 2 rings (SSSR count). The molecular weight excluding hydrogens is 210 g/mol. The van der Waals surface area contributed by atoms with Crippen molar-refractivity contribution in [1.29, 1.82) is 0 Å². The van der Waals surface area contributed by atoms with Crippen LogP contribution in [0.2, 0.25) is 0 Å². The molecule has 0 fully saturated rings. The van der Waals surface area contributed by atoms with E-state index in [9.17, 15) is 0 Å². The first kappa shape index (κ1) is 12.0. The third-order valence-corrected chi connectivity index (χ3v) is 3.17. The van der Waals surface area contributed by atoms with Gasteiger partial charge in [-0.25, -0.2) is 0 Å². The molecule has 1 N–H and O–H groups in total. The molecule has 0 saturated carbocycles. The topological polar surface area (TPSA) is 27.6 Å². The smallest absolute Gasteiger partial charge is 0.194 e. The molecule has 0 amide bonds. The van der Waals surface area contributed by atoms with Crippen molar-refractivity contribution in [3.05, 3.63) is 35.4 Å². The van der Waals surface area contributed by atoms with Gasteiger partial charge in [-0.3, -0.25) is 4.99 Å². The van der Waals surface area contributed by atoms with E-state index in [-0.39, 0.29) is 0 Å². The van der Waals surface area contributed by atoms with Gasteiger partial charge in [0, 0.05) is 20.1 Å². The molecule has 0 atom stereocenters. The number of aliphatic imine (C=N–C) groups is 1. The Labute approximate surface area is 104 Å². The maximum absolute atomic E-state index is 4.44. The molecule has 0 spiro atoms. The number of rotatable bonds is 3. The van der Waals surface area contributed by atoms with Gasteiger partial charge in [0.1, 0.15) is 0 Å². The third kappa shape index (κ3) is 2.78. The summed E-state index contributed by atoms with van der Waals surface area (Å²) >= 11 is 0. The summed E-state index contributed by atoms with van der Waals surface area (Å²) in [7, 11) is 2.08. The minimum absolute atomic E-state index is 0.566. The fourth-order valence-corrected chi connectivity index (χ4v) is 2.16. The molecular formula is C14H21N3. The Morgan fingerprint density at radius 1 is 1.35 bits per heavy atom. The lowest BCUT2D eigenvalue weighted by Gasteiger charge is -2.17. The monoisotopic (exact) mass is 231 g/mol. The van der Waals surface area contributed by atoms with Gasteiger partial charge in [0.15, 0.2) is 5.96 Å². The normalized spacial score (nSPS) is 15.3. The van der Waals surface area contributed by atoms with Crippen molar-refractivity contribution in [3.8, 4) is 0 Å². The number of guanidine groups is 1. The fourth-order valence-electron chi connectivity index (χ4n) is 2.16. The highest BCUT2D eigenvalue weighted by molar-refractivity contribution is 5.81. The second kappa shape index (κ2) is 5.21. The molecule has 1 aromatic rings. The first-order chi connectivity index (χ1) is 8.18. The van der Waals surface area contributed by atoms with Crippen molar-refractivity contribution < 1.29 is 0 Å². The van der Waals surface area contributed by atoms with Crippen molar-refractivity contribution in [3.63, 3.8) is 0 Å². The van der Waals surface area contributed by atoms with E-state index in [0.717, 1.165) is 25.6 Å². The molecule has 1 aromatic carbocycles. The van der Waals surface area contributed by atoms with Gasteiger partial charge in [-0.1, -0.05) is 38.1 Å². The van der Waals surface area contributed by atoms with E-state index in [1.54, 1.807) is 0 Å². The number of likely N-dealkylation sites (N-methyl/N-ethyl adjacent to an activating group) is 1. The summed E-state index contributed by atoms with van der Waals surface area (Å²) in [6, 6.07) is 8.61. The van der Waals surface area contributed by atoms with Gasteiger partial charge in [0.25, 0.3) is 0 Å². The van der Waals surface area contributed by atoms with Crippen LogP contribution >= 0.6 is 0 Å². The second-order valence-electron chi connectivity index (χ2n) is 4.83. The molecule has 3 heteroatoms. The molecule has 0 bridgehead atoms. The van der Waals surface area contributed by atoms with Crippen LogP contribution in [-0.2, 0) is 6.54 Å². The number of benzene rings is 1. The molecule has 0 saturated heterocycles. The molecule has 17 heavy (non-hydrogen) atoms. The minimum Gasteiger partial charge on any atom is -0.352 e. The van der Waals surface area contributed by atoms with Gasteiger partial charge >= 0.3 is 0 Å². The van der Waals surface area contributed by atoms with E-state index in [2.05, 4.69) is 60.4 Å². The average Bonchev–Trinajstić information content (AvgIpc) is 2.72. The fraction of sp³-hybridized carbons (Fsp3) is 0.500. The first-order valence-electron chi connectivity index (χ1n) is 6.25. The van der Waals surface area contributed by atoms with E-state index >= 15 is 0 Å². The van der Waals surface area contributed by atoms with E-state index in [4.69, 9.17) is 0 Å². The van der Waals surface area contributed by atoms with Gasteiger partial charge in [-0.05, 0) is 17.0 Å². The maximum atomic E-state index is 4.44. The first-order valence-corrected chi connectivity index (χ1v) is 6.25. The lowest BCUT2D eigenvalue weighted by molar-refractivity contribution is 0.533. The quantitative estimate of drug-likeness (QED) is 0.863. The number of hydrogen-bond donors (Lipinski definition) is 1. The highest BCUT2D eigenvalue weighted by atomic mass is 15.3. The highest BCUT2D eigenvalue weighted by Crippen LogP contribution is 2.18. The molecule has 0 unspecified atom stereocenters. The predicted molar refractivity (Wildman–Crippen MR) is 72.3 cm³/mol. The largest absolute Gasteiger partial charge is 0.352 e. The van der Waals surface area contributed by atoms with Crippen molar-refractivity contribution in [2.75, 3.05) is 20.1 Å². The molecule has 3 nitrogen and oxygen atoms in total. The Hall–Kier alpha value is -1.51. The van der Waals surface area contributed by atoms with Crippen LogP contribution in [0, 0.1) is 0 Å². The van der Waals surface area contributed by atoms with Gasteiger partial charge in [-0.2, -0.15) is 0 Å². The summed E-state index contributed by atoms with van der Waals surface area (Å²) < 4.78 is 0. The van der Waals surface area contributed by atoms with E-state index in [1.807, 2.05) is 0 Å². The van der Waals surface area contributed by atoms with Gasteiger partial charge in [-0.15, -0.1) is 0 Å². The summed E-state index contributed by atoms with van der Waals surface area (Å²) in [5, 5.41) is 3.42. The highest BCUT2D eigenvalue weighted by Gasteiger charge is 2.12. The van der Waals surface area contributed by atoms with E-state index < -0.39 is 0 Å². The third-order valence-electron chi connectivity index (χ3n) is 3.17. The van der Waals surface area contributed by atoms with Crippen LogP contribution in [-0.4, -0.2) is 31.0 Å².